The Balaban J connectivity index is 1.73. The van der Waals surface area contributed by atoms with Crippen LogP contribution in [0.15, 0.2) is 35.3 Å². The summed E-state index contributed by atoms with van der Waals surface area (Å²) in [6, 6.07) is 8.11. The number of nitrogens with zero attached hydrogens (tertiary/aromatic N) is 4. The molecule has 150 valence electrons. The number of aromatic nitrogens is 4. The summed E-state index contributed by atoms with van der Waals surface area (Å²) in [5.41, 5.74) is 4.28. The maximum atomic E-state index is 12.5. The molecule has 0 aliphatic carbocycles. The Hall–Kier alpha value is -3.13. The SMILES string of the molecule is CNC(=O)c1nc2c(n1Cc1ccccc1C)CCN(c1cn[nH]c(=O)c1Cl)C2. The number of carbonyl (C=O) groups is 1. The molecule has 1 aliphatic heterocycles. The number of aryl methyl sites for hydroxylation is 1. The van der Waals surface area contributed by atoms with Crippen molar-refractivity contribution in [1.29, 1.82) is 0 Å². The molecule has 4 rings (SSSR count). The average Bonchev–Trinajstić information content (AvgIpc) is 3.08. The molecule has 8 nitrogen and oxygen atoms in total. The number of fused-ring (bicyclic) bond motifs is 1. The van der Waals surface area contributed by atoms with Crippen molar-refractivity contribution in [1.82, 2.24) is 25.1 Å². The Bertz CT molecular complexity index is 1140. The van der Waals surface area contributed by atoms with E-state index < -0.39 is 5.56 Å². The minimum atomic E-state index is -0.425. The molecule has 3 aromatic rings. The maximum Gasteiger partial charge on any atom is 0.287 e. The molecule has 3 heterocycles. The Morgan fingerprint density at radius 2 is 2.14 bits per heavy atom. The van der Waals surface area contributed by atoms with Crippen LogP contribution in [0, 0.1) is 6.92 Å². The Labute approximate surface area is 172 Å². The number of carbonyl (C=O) groups excluding carboxylic acids is 1. The quantitative estimate of drug-likeness (QED) is 0.682. The number of nitrogens with one attached hydrogen (secondary N) is 2. The second kappa shape index (κ2) is 7.71. The van der Waals surface area contributed by atoms with Crippen molar-refractivity contribution >= 4 is 23.2 Å². The van der Waals surface area contributed by atoms with Crippen molar-refractivity contribution < 1.29 is 4.79 Å². The molecule has 2 aromatic heterocycles. The fraction of sp³-hybridized carbons (Fsp3) is 0.300. The Kier molecular flexibility index (Phi) is 5.10. The van der Waals surface area contributed by atoms with Gasteiger partial charge in [-0.3, -0.25) is 9.59 Å². The molecule has 9 heteroatoms. The molecule has 0 fully saturated rings. The van der Waals surface area contributed by atoms with Crippen molar-refractivity contribution in [2.45, 2.75) is 26.4 Å². The Morgan fingerprint density at radius 1 is 1.34 bits per heavy atom. The highest BCUT2D eigenvalue weighted by Crippen LogP contribution is 2.28. The molecule has 0 unspecified atom stereocenters. The van der Waals surface area contributed by atoms with Crippen LogP contribution in [-0.2, 0) is 19.5 Å². The summed E-state index contributed by atoms with van der Waals surface area (Å²) in [5.74, 6) is 0.160. The summed E-state index contributed by atoms with van der Waals surface area (Å²) in [5, 5.41) is 8.97. The highest BCUT2D eigenvalue weighted by molar-refractivity contribution is 6.33. The van der Waals surface area contributed by atoms with Crippen LogP contribution in [0.25, 0.3) is 0 Å². The monoisotopic (exact) mass is 412 g/mol. The van der Waals surface area contributed by atoms with Gasteiger partial charge in [0, 0.05) is 32.3 Å². The molecule has 1 aliphatic rings. The number of aromatic amines is 1. The number of amides is 1. The van der Waals surface area contributed by atoms with E-state index >= 15 is 0 Å². The lowest BCUT2D eigenvalue weighted by Crippen LogP contribution is -2.33. The van der Waals surface area contributed by atoms with E-state index in [0.29, 0.717) is 37.6 Å². The van der Waals surface area contributed by atoms with Crippen molar-refractivity contribution in [3.8, 4) is 0 Å². The predicted octanol–water partition coefficient (Wildman–Crippen LogP) is 1.90. The first kappa shape index (κ1) is 19.2. The van der Waals surface area contributed by atoms with Gasteiger partial charge in [-0.15, -0.1) is 0 Å². The summed E-state index contributed by atoms with van der Waals surface area (Å²) >= 11 is 6.17. The lowest BCUT2D eigenvalue weighted by molar-refractivity contribution is 0.0948. The van der Waals surface area contributed by atoms with Gasteiger partial charge in [-0.05, 0) is 18.1 Å². The second-order valence-corrected chi connectivity index (χ2v) is 7.37. The van der Waals surface area contributed by atoms with Crippen LogP contribution in [0.1, 0.15) is 33.1 Å². The molecular weight excluding hydrogens is 392 g/mol. The van der Waals surface area contributed by atoms with E-state index in [1.165, 1.54) is 0 Å². The fourth-order valence-electron chi connectivity index (χ4n) is 3.66. The van der Waals surface area contributed by atoms with Crippen LogP contribution >= 0.6 is 11.6 Å². The van der Waals surface area contributed by atoms with E-state index in [1.807, 2.05) is 21.6 Å². The molecule has 1 aromatic carbocycles. The predicted molar refractivity (Wildman–Crippen MR) is 111 cm³/mol. The van der Waals surface area contributed by atoms with Crippen molar-refractivity contribution in [3.63, 3.8) is 0 Å². The van der Waals surface area contributed by atoms with Crippen LogP contribution in [0.5, 0.6) is 0 Å². The molecule has 0 saturated heterocycles. The van der Waals surface area contributed by atoms with Gasteiger partial charge < -0.3 is 14.8 Å². The summed E-state index contributed by atoms with van der Waals surface area (Å²) in [6.07, 6.45) is 2.22. The van der Waals surface area contributed by atoms with Crippen molar-refractivity contribution in [3.05, 3.63) is 74.2 Å². The molecule has 0 atom stereocenters. The zero-order valence-electron chi connectivity index (χ0n) is 16.2. The maximum absolute atomic E-state index is 12.5. The zero-order chi connectivity index (χ0) is 20.5. The topological polar surface area (TPSA) is 95.9 Å². The van der Waals surface area contributed by atoms with E-state index in [0.717, 1.165) is 22.5 Å². The number of rotatable bonds is 4. The van der Waals surface area contributed by atoms with Crippen LogP contribution in [0.3, 0.4) is 0 Å². The van der Waals surface area contributed by atoms with Gasteiger partial charge in [0.05, 0.1) is 24.1 Å². The zero-order valence-corrected chi connectivity index (χ0v) is 17.0. The van der Waals surface area contributed by atoms with E-state index in [1.54, 1.807) is 13.2 Å². The van der Waals surface area contributed by atoms with E-state index in [-0.39, 0.29) is 10.9 Å². The van der Waals surface area contributed by atoms with E-state index in [2.05, 4.69) is 39.6 Å². The van der Waals surface area contributed by atoms with Gasteiger partial charge in [-0.2, -0.15) is 5.10 Å². The first-order valence-corrected chi connectivity index (χ1v) is 9.70. The summed E-state index contributed by atoms with van der Waals surface area (Å²) in [6.45, 7) is 3.72. The second-order valence-electron chi connectivity index (χ2n) is 6.99. The lowest BCUT2D eigenvalue weighted by atomic mass is 10.1. The molecule has 0 saturated carbocycles. The number of hydrogen-bond donors (Lipinski definition) is 2. The smallest absolute Gasteiger partial charge is 0.287 e. The number of H-pyrrole nitrogens is 1. The van der Waals surface area contributed by atoms with Crippen LogP contribution in [-0.4, -0.2) is 39.2 Å². The van der Waals surface area contributed by atoms with Gasteiger partial charge >= 0.3 is 0 Å². The normalized spacial score (nSPS) is 13.3. The fourth-order valence-corrected chi connectivity index (χ4v) is 3.87. The average molecular weight is 413 g/mol. The Morgan fingerprint density at radius 3 is 2.90 bits per heavy atom. The molecule has 1 amide bonds. The van der Waals surface area contributed by atoms with Gasteiger partial charge in [0.1, 0.15) is 5.02 Å². The summed E-state index contributed by atoms with van der Waals surface area (Å²) < 4.78 is 1.99. The minimum Gasteiger partial charge on any atom is -0.362 e. The van der Waals surface area contributed by atoms with E-state index in [4.69, 9.17) is 11.6 Å². The van der Waals surface area contributed by atoms with Crippen molar-refractivity contribution in [2.24, 2.45) is 0 Å². The summed E-state index contributed by atoms with van der Waals surface area (Å²) in [7, 11) is 1.60. The molecular formula is C20H21ClN6O2. The van der Waals surface area contributed by atoms with Gasteiger partial charge in [0.25, 0.3) is 11.5 Å². The third-order valence-electron chi connectivity index (χ3n) is 5.25. The van der Waals surface area contributed by atoms with Gasteiger partial charge in [0.2, 0.25) is 0 Å². The molecule has 0 radical (unpaired) electrons. The molecule has 0 bridgehead atoms. The number of anilines is 1. The molecule has 2 N–H and O–H groups in total. The largest absolute Gasteiger partial charge is 0.362 e. The highest BCUT2D eigenvalue weighted by Gasteiger charge is 2.28. The number of imidazole rings is 1. The third-order valence-corrected chi connectivity index (χ3v) is 5.62. The van der Waals surface area contributed by atoms with Gasteiger partial charge in [0.15, 0.2) is 5.82 Å². The molecule has 29 heavy (non-hydrogen) atoms. The van der Waals surface area contributed by atoms with E-state index in [9.17, 15) is 9.59 Å². The first-order valence-electron chi connectivity index (χ1n) is 9.32. The van der Waals surface area contributed by atoms with Gasteiger partial charge in [-0.25, -0.2) is 10.1 Å². The lowest BCUT2D eigenvalue weighted by Gasteiger charge is -2.29. The van der Waals surface area contributed by atoms with Gasteiger partial charge in [-0.1, -0.05) is 35.9 Å². The van der Waals surface area contributed by atoms with Crippen LogP contribution in [0.2, 0.25) is 5.02 Å². The number of hydrogen-bond acceptors (Lipinski definition) is 5. The number of halogens is 1. The van der Waals surface area contributed by atoms with Crippen LogP contribution in [0.4, 0.5) is 5.69 Å². The number of benzene rings is 1. The minimum absolute atomic E-state index is 0.106. The first-order chi connectivity index (χ1) is 14.0. The third kappa shape index (κ3) is 3.51. The summed E-state index contributed by atoms with van der Waals surface area (Å²) in [4.78, 5) is 30.9. The van der Waals surface area contributed by atoms with Crippen LogP contribution < -0.4 is 15.8 Å². The highest BCUT2D eigenvalue weighted by atomic mass is 35.5. The standard InChI is InChI=1S/C20H21ClN6O2/c1-12-5-3-4-6-13(12)10-27-15-7-8-26(16-9-23-25-19(28)17(16)21)11-14(15)24-18(27)20(29)22-2/h3-6,9H,7-8,10-11H2,1-2H3,(H,22,29)(H,25,28). The molecule has 0 spiro atoms. The van der Waals surface area contributed by atoms with Crippen molar-refractivity contribution in [2.75, 3.05) is 18.5 Å².